The van der Waals surface area contributed by atoms with Crippen molar-refractivity contribution in [1.29, 1.82) is 0 Å². The van der Waals surface area contributed by atoms with E-state index < -0.39 is 17.7 Å². The topological polar surface area (TPSA) is 99.5 Å². The molecule has 1 saturated heterocycles. The SMILES string of the molecule is COc1cc(C)c2c(ccn2C(=O)OC(C)(C)C)c1CN1CC[C@@H]2C[C@@H]1c1ccc(C(=O)O)c3ccc(cc13)OCCC/C=C/CO2. The lowest BCUT2D eigenvalue weighted by Gasteiger charge is -2.40. The van der Waals surface area contributed by atoms with Gasteiger partial charge in [0.15, 0.2) is 0 Å². The van der Waals surface area contributed by atoms with Crippen LogP contribution in [0.15, 0.2) is 60.8 Å². The molecule has 0 saturated carbocycles. The third-order valence-corrected chi connectivity index (χ3v) is 9.06. The van der Waals surface area contributed by atoms with Gasteiger partial charge in [0.2, 0.25) is 0 Å². The van der Waals surface area contributed by atoms with Gasteiger partial charge in [-0.25, -0.2) is 9.59 Å². The summed E-state index contributed by atoms with van der Waals surface area (Å²) in [7, 11) is 1.67. The number of rotatable bonds is 4. The second-order valence-electron chi connectivity index (χ2n) is 13.4. The number of aryl methyl sites for hydroxylation is 1. The van der Waals surface area contributed by atoms with Crippen LogP contribution in [0.5, 0.6) is 11.5 Å². The van der Waals surface area contributed by atoms with E-state index in [0.717, 1.165) is 76.7 Å². The Morgan fingerprint density at radius 1 is 1.04 bits per heavy atom. The maximum Gasteiger partial charge on any atom is 0.419 e. The van der Waals surface area contributed by atoms with Crippen molar-refractivity contribution < 1.29 is 33.6 Å². The fourth-order valence-electron chi connectivity index (χ4n) is 6.91. The number of aromatic nitrogens is 1. The predicted octanol–water partition coefficient (Wildman–Crippen LogP) is 8.04. The van der Waals surface area contributed by atoms with E-state index >= 15 is 0 Å². The monoisotopic (exact) mass is 640 g/mol. The first-order chi connectivity index (χ1) is 22.5. The van der Waals surface area contributed by atoms with Crippen molar-refractivity contribution in [3.05, 3.63) is 83.1 Å². The van der Waals surface area contributed by atoms with Gasteiger partial charge < -0.3 is 24.1 Å². The molecule has 0 aliphatic carbocycles. The summed E-state index contributed by atoms with van der Waals surface area (Å²) in [6.07, 6.45) is 8.96. The number of methoxy groups -OCH3 is 1. The molecule has 3 heterocycles. The van der Waals surface area contributed by atoms with Gasteiger partial charge in [0, 0.05) is 36.3 Å². The van der Waals surface area contributed by atoms with E-state index in [-0.39, 0.29) is 17.7 Å². The lowest BCUT2D eigenvalue weighted by atomic mass is 9.88. The summed E-state index contributed by atoms with van der Waals surface area (Å²) in [5, 5.41) is 12.5. The molecule has 248 valence electrons. The molecule has 4 bridgehead atoms. The second kappa shape index (κ2) is 13.4. The van der Waals surface area contributed by atoms with Crippen LogP contribution in [0.1, 0.15) is 79.5 Å². The fraction of sp³-hybridized carbons (Fsp3) is 0.421. The first-order valence-corrected chi connectivity index (χ1v) is 16.4. The number of fused-ring (bicyclic) bond motifs is 5. The van der Waals surface area contributed by atoms with Crippen LogP contribution in [-0.2, 0) is 16.0 Å². The summed E-state index contributed by atoms with van der Waals surface area (Å²) in [6, 6.07) is 13.2. The number of carbonyl (C=O) groups excluding carboxylic acids is 1. The molecule has 3 aromatic carbocycles. The molecule has 1 fully saturated rings. The van der Waals surface area contributed by atoms with Crippen LogP contribution < -0.4 is 9.47 Å². The third kappa shape index (κ3) is 6.87. The molecule has 0 spiro atoms. The van der Waals surface area contributed by atoms with Gasteiger partial charge in [-0.15, -0.1) is 0 Å². The minimum atomic E-state index is -0.963. The van der Waals surface area contributed by atoms with Gasteiger partial charge in [0.05, 0.1) is 37.5 Å². The zero-order valence-electron chi connectivity index (χ0n) is 27.9. The van der Waals surface area contributed by atoms with E-state index in [9.17, 15) is 14.7 Å². The maximum atomic E-state index is 13.2. The summed E-state index contributed by atoms with van der Waals surface area (Å²) >= 11 is 0. The quantitative estimate of drug-likeness (QED) is 0.224. The fourth-order valence-corrected chi connectivity index (χ4v) is 6.91. The highest BCUT2D eigenvalue weighted by Crippen LogP contribution is 2.41. The average Bonchev–Trinajstić information content (AvgIpc) is 3.48. The molecule has 4 aromatic rings. The van der Waals surface area contributed by atoms with Crippen molar-refractivity contribution in [3.63, 3.8) is 0 Å². The molecule has 2 aliphatic heterocycles. The van der Waals surface area contributed by atoms with Crippen LogP contribution in [0.25, 0.3) is 21.7 Å². The minimum Gasteiger partial charge on any atom is -0.496 e. The molecule has 47 heavy (non-hydrogen) atoms. The Labute approximate surface area is 275 Å². The number of hydrogen-bond acceptors (Lipinski definition) is 7. The minimum absolute atomic E-state index is 0.0350. The molecule has 6 rings (SSSR count). The van der Waals surface area contributed by atoms with E-state index in [1.807, 2.05) is 64.1 Å². The molecule has 0 amide bonds. The second-order valence-corrected chi connectivity index (χ2v) is 13.4. The molecular formula is C38H44N2O7. The van der Waals surface area contributed by atoms with Crippen molar-refractivity contribution in [2.45, 2.75) is 77.7 Å². The van der Waals surface area contributed by atoms with E-state index in [2.05, 4.69) is 17.1 Å². The maximum absolute atomic E-state index is 13.2. The average molecular weight is 641 g/mol. The summed E-state index contributed by atoms with van der Waals surface area (Å²) in [6.45, 7) is 9.96. The lowest BCUT2D eigenvalue weighted by Crippen LogP contribution is -2.39. The number of carboxylic acid groups (broad SMARTS) is 1. The van der Waals surface area contributed by atoms with Crippen molar-refractivity contribution in [3.8, 4) is 11.5 Å². The predicted molar refractivity (Wildman–Crippen MR) is 182 cm³/mol. The zero-order valence-corrected chi connectivity index (χ0v) is 27.9. The standard InChI is InChI=1S/C38H44N2O7/c1-24-20-34(44-5)32(29-15-17-40(35(24)29)37(43)47-38(2,3)4)23-39-16-14-26-22-33(39)28-12-13-30(36(41)42)27-11-10-25(21-31(27)28)45-18-8-6-7-9-19-46-26/h7,9-13,15,17,20-21,26,33H,6,8,14,16,18-19,22-23H2,1-5H3,(H,41,42)/b9-7+/t26-,33-/m1/s1. The number of aromatic carboxylic acids is 1. The van der Waals surface area contributed by atoms with E-state index in [4.69, 9.17) is 18.9 Å². The van der Waals surface area contributed by atoms with Gasteiger partial charge in [0.25, 0.3) is 0 Å². The van der Waals surface area contributed by atoms with Crippen LogP contribution in [0, 0.1) is 6.92 Å². The van der Waals surface area contributed by atoms with Crippen LogP contribution in [-0.4, -0.2) is 65.2 Å². The number of nitrogens with zero attached hydrogens (tertiary/aromatic N) is 2. The number of hydrogen-bond donors (Lipinski definition) is 1. The number of carboxylic acids is 1. The molecule has 0 unspecified atom stereocenters. The summed E-state index contributed by atoms with van der Waals surface area (Å²) in [5.41, 5.74) is 3.34. The van der Waals surface area contributed by atoms with E-state index in [1.165, 1.54) is 0 Å². The van der Waals surface area contributed by atoms with Crippen molar-refractivity contribution in [1.82, 2.24) is 9.47 Å². The van der Waals surface area contributed by atoms with Crippen molar-refractivity contribution in [2.75, 3.05) is 26.9 Å². The first kappa shape index (κ1) is 32.6. The number of allylic oxidation sites excluding steroid dienone is 1. The van der Waals surface area contributed by atoms with E-state index in [1.54, 1.807) is 23.9 Å². The van der Waals surface area contributed by atoms with Gasteiger partial charge >= 0.3 is 12.1 Å². The molecular weight excluding hydrogens is 596 g/mol. The molecule has 1 N–H and O–H groups in total. The van der Waals surface area contributed by atoms with Crippen LogP contribution >= 0.6 is 0 Å². The van der Waals surface area contributed by atoms with Gasteiger partial charge in [-0.1, -0.05) is 18.2 Å². The van der Waals surface area contributed by atoms with Gasteiger partial charge in [-0.2, -0.15) is 0 Å². The van der Waals surface area contributed by atoms with Crippen LogP contribution in [0.3, 0.4) is 0 Å². The largest absolute Gasteiger partial charge is 0.496 e. The Hall–Kier alpha value is -4.34. The number of likely N-dealkylation sites (tertiary alicyclic amines) is 1. The van der Waals surface area contributed by atoms with Gasteiger partial charge in [0.1, 0.15) is 17.1 Å². The Kier molecular flexibility index (Phi) is 9.30. The number of piperidine rings is 1. The number of carbonyl (C=O) groups is 2. The van der Waals surface area contributed by atoms with Gasteiger partial charge in [-0.3, -0.25) is 9.47 Å². The molecule has 0 radical (unpaired) electrons. The van der Waals surface area contributed by atoms with Crippen LogP contribution in [0.4, 0.5) is 4.79 Å². The Morgan fingerprint density at radius 3 is 2.64 bits per heavy atom. The van der Waals surface area contributed by atoms with Gasteiger partial charge in [-0.05, 0) is 112 Å². The summed E-state index contributed by atoms with van der Waals surface area (Å²) in [4.78, 5) is 27.9. The third-order valence-electron chi connectivity index (χ3n) is 9.06. The van der Waals surface area contributed by atoms with Crippen molar-refractivity contribution >= 4 is 33.7 Å². The van der Waals surface area contributed by atoms with Crippen LogP contribution in [0.2, 0.25) is 0 Å². The normalized spacial score (nSPS) is 19.9. The molecule has 2 atom stereocenters. The highest BCUT2D eigenvalue weighted by Gasteiger charge is 2.33. The lowest BCUT2D eigenvalue weighted by molar-refractivity contribution is -0.00745. The highest BCUT2D eigenvalue weighted by molar-refractivity contribution is 6.05. The van der Waals surface area contributed by atoms with Crippen molar-refractivity contribution in [2.24, 2.45) is 0 Å². The van der Waals surface area contributed by atoms with E-state index in [0.29, 0.717) is 25.1 Å². The molecule has 1 aromatic heterocycles. The zero-order chi connectivity index (χ0) is 33.3. The highest BCUT2D eigenvalue weighted by atomic mass is 16.6. The number of ether oxygens (including phenoxy) is 4. The molecule has 9 nitrogen and oxygen atoms in total. The Morgan fingerprint density at radius 2 is 1.87 bits per heavy atom. The summed E-state index contributed by atoms with van der Waals surface area (Å²) < 4.78 is 25.8. The number of benzene rings is 3. The molecule has 2 aliphatic rings. The summed E-state index contributed by atoms with van der Waals surface area (Å²) in [5.74, 6) is 0.509. The Bertz CT molecular complexity index is 1830. The molecule has 9 heteroatoms. The smallest absolute Gasteiger partial charge is 0.419 e. The first-order valence-electron chi connectivity index (χ1n) is 16.4. The Balaban J connectivity index is 1.46.